The summed E-state index contributed by atoms with van der Waals surface area (Å²) in [5.41, 5.74) is 1.13. The summed E-state index contributed by atoms with van der Waals surface area (Å²) < 4.78 is 0. The van der Waals surface area contributed by atoms with Crippen LogP contribution in [0.2, 0.25) is 0 Å². The molecule has 0 aliphatic rings. The minimum absolute atomic E-state index is 0.178. The average Bonchev–Trinajstić information content (AvgIpc) is 2.39. The minimum atomic E-state index is -0.951. The van der Waals surface area contributed by atoms with Crippen molar-refractivity contribution in [3.8, 4) is 6.07 Å². The number of amides is 1. The Morgan fingerprint density at radius 3 is 2.53 bits per heavy atom. The highest BCUT2D eigenvalue weighted by atomic mass is 16.4. The molecule has 1 aromatic rings. The van der Waals surface area contributed by atoms with E-state index in [0.29, 0.717) is 11.3 Å². The molecule has 0 fully saturated rings. The number of hydrogen-bond acceptors (Lipinski definition) is 4. The van der Waals surface area contributed by atoms with Gasteiger partial charge in [-0.25, -0.2) is 0 Å². The largest absolute Gasteiger partial charge is 0.480 e. The molecule has 0 spiro atoms. The zero-order valence-corrected chi connectivity index (χ0v) is 10.5. The number of carbonyl (C=O) groups excluding carboxylic acids is 1. The molecule has 6 nitrogen and oxygen atoms in total. The van der Waals surface area contributed by atoms with Gasteiger partial charge < -0.3 is 15.7 Å². The molecule has 0 saturated carbocycles. The van der Waals surface area contributed by atoms with E-state index in [4.69, 9.17) is 10.4 Å². The summed E-state index contributed by atoms with van der Waals surface area (Å²) in [6, 6.07) is 7.82. The molecule has 0 saturated heterocycles. The third-order valence-corrected chi connectivity index (χ3v) is 2.47. The van der Waals surface area contributed by atoms with E-state index in [2.05, 4.69) is 10.6 Å². The number of nitriles is 1. The Morgan fingerprint density at radius 1 is 1.37 bits per heavy atom. The van der Waals surface area contributed by atoms with Crippen LogP contribution in [0.3, 0.4) is 0 Å². The molecule has 19 heavy (non-hydrogen) atoms. The first-order valence-electron chi connectivity index (χ1n) is 5.79. The first-order valence-corrected chi connectivity index (χ1v) is 5.79. The monoisotopic (exact) mass is 261 g/mol. The Morgan fingerprint density at radius 2 is 2.00 bits per heavy atom. The normalized spacial score (nSPS) is 11.4. The number of rotatable bonds is 6. The standard InChI is InChI=1S/C13H15N3O3/c1-9(13(18)19)15-7-6-12(17)16-11-4-2-10(8-14)3-5-11/h2-5,9,15H,6-7H2,1H3,(H,16,17)(H,18,19)/t9-/m0/s1. The van der Waals surface area contributed by atoms with Gasteiger partial charge in [0.15, 0.2) is 0 Å². The fourth-order valence-corrected chi connectivity index (χ4v) is 1.34. The Kier molecular flexibility index (Phi) is 5.51. The van der Waals surface area contributed by atoms with E-state index in [1.165, 1.54) is 6.92 Å². The quantitative estimate of drug-likeness (QED) is 0.707. The van der Waals surface area contributed by atoms with Crippen LogP contribution >= 0.6 is 0 Å². The van der Waals surface area contributed by atoms with Gasteiger partial charge in [0.1, 0.15) is 6.04 Å². The molecule has 0 heterocycles. The van der Waals surface area contributed by atoms with Crippen molar-refractivity contribution in [1.29, 1.82) is 5.26 Å². The molecule has 0 aliphatic heterocycles. The lowest BCUT2D eigenvalue weighted by Gasteiger charge is -2.09. The highest BCUT2D eigenvalue weighted by Gasteiger charge is 2.10. The number of carbonyl (C=O) groups is 2. The van der Waals surface area contributed by atoms with Gasteiger partial charge >= 0.3 is 5.97 Å². The first-order chi connectivity index (χ1) is 9.02. The number of benzene rings is 1. The second kappa shape index (κ2) is 7.13. The summed E-state index contributed by atoms with van der Waals surface area (Å²) in [5.74, 6) is -1.16. The van der Waals surface area contributed by atoms with Gasteiger partial charge in [0.2, 0.25) is 5.91 Å². The van der Waals surface area contributed by atoms with Gasteiger partial charge in [-0.1, -0.05) is 0 Å². The third-order valence-electron chi connectivity index (χ3n) is 2.47. The van der Waals surface area contributed by atoms with Crippen molar-refractivity contribution in [2.24, 2.45) is 0 Å². The maximum Gasteiger partial charge on any atom is 0.320 e. The summed E-state index contributed by atoms with van der Waals surface area (Å²) in [4.78, 5) is 22.1. The fourth-order valence-electron chi connectivity index (χ4n) is 1.34. The number of anilines is 1. The van der Waals surface area contributed by atoms with Crippen LogP contribution in [0.5, 0.6) is 0 Å². The Balaban J connectivity index is 2.35. The number of carboxylic acids is 1. The first kappa shape index (κ1) is 14.7. The van der Waals surface area contributed by atoms with Crippen LogP contribution in [0.4, 0.5) is 5.69 Å². The zero-order valence-electron chi connectivity index (χ0n) is 10.5. The van der Waals surface area contributed by atoms with Crippen molar-refractivity contribution >= 4 is 17.6 Å². The van der Waals surface area contributed by atoms with Crippen molar-refractivity contribution in [2.45, 2.75) is 19.4 Å². The predicted molar refractivity (Wildman–Crippen MR) is 69.5 cm³/mol. The third kappa shape index (κ3) is 5.19. The number of aliphatic carboxylic acids is 1. The lowest BCUT2D eigenvalue weighted by Crippen LogP contribution is -2.35. The molecule has 3 N–H and O–H groups in total. The molecule has 0 aliphatic carbocycles. The molecule has 0 unspecified atom stereocenters. The van der Waals surface area contributed by atoms with Crippen molar-refractivity contribution in [2.75, 3.05) is 11.9 Å². The molecule has 1 amide bonds. The number of nitrogens with one attached hydrogen (secondary N) is 2. The molecule has 6 heteroatoms. The average molecular weight is 261 g/mol. The fraction of sp³-hybridized carbons (Fsp3) is 0.308. The van der Waals surface area contributed by atoms with Gasteiger partial charge in [-0.15, -0.1) is 0 Å². The zero-order chi connectivity index (χ0) is 14.3. The maximum absolute atomic E-state index is 11.6. The van der Waals surface area contributed by atoms with Crippen LogP contribution in [-0.2, 0) is 9.59 Å². The molecule has 0 bridgehead atoms. The van der Waals surface area contributed by atoms with Crippen LogP contribution in [0.1, 0.15) is 18.9 Å². The molecule has 100 valence electrons. The summed E-state index contributed by atoms with van der Waals surface area (Å²) in [7, 11) is 0. The molecule has 1 aromatic carbocycles. The van der Waals surface area contributed by atoms with Crippen molar-refractivity contribution in [3.63, 3.8) is 0 Å². The van der Waals surface area contributed by atoms with Gasteiger partial charge in [0.25, 0.3) is 0 Å². The molecule has 0 aromatic heterocycles. The van der Waals surface area contributed by atoms with Crippen LogP contribution in [-0.4, -0.2) is 29.6 Å². The SMILES string of the molecule is C[C@H](NCCC(=O)Nc1ccc(C#N)cc1)C(=O)O. The van der Waals surface area contributed by atoms with Crippen LogP contribution < -0.4 is 10.6 Å². The topological polar surface area (TPSA) is 102 Å². The van der Waals surface area contributed by atoms with E-state index in [1.807, 2.05) is 6.07 Å². The van der Waals surface area contributed by atoms with E-state index < -0.39 is 12.0 Å². The van der Waals surface area contributed by atoms with Crippen molar-refractivity contribution in [1.82, 2.24) is 5.32 Å². The van der Waals surface area contributed by atoms with E-state index in [1.54, 1.807) is 24.3 Å². The second-order valence-electron chi connectivity index (χ2n) is 4.00. The number of nitrogens with zero attached hydrogens (tertiary/aromatic N) is 1. The minimum Gasteiger partial charge on any atom is -0.480 e. The summed E-state index contributed by atoms with van der Waals surface area (Å²) in [5, 5.41) is 22.6. The van der Waals surface area contributed by atoms with Gasteiger partial charge in [-0.2, -0.15) is 5.26 Å². The second-order valence-corrected chi connectivity index (χ2v) is 4.00. The lowest BCUT2D eigenvalue weighted by molar-refractivity contribution is -0.139. The van der Waals surface area contributed by atoms with Crippen molar-refractivity contribution in [3.05, 3.63) is 29.8 Å². The number of carboxylic acid groups (broad SMARTS) is 1. The summed E-state index contributed by atoms with van der Waals surface area (Å²) in [6.07, 6.45) is 0.178. The smallest absolute Gasteiger partial charge is 0.320 e. The van der Waals surface area contributed by atoms with Gasteiger partial charge in [-0.05, 0) is 31.2 Å². The van der Waals surface area contributed by atoms with E-state index in [0.717, 1.165) is 0 Å². The summed E-state index contributed by atoms with van der Waals surface area (Å²) in [6.45, 7) is 1.80. The highest BCUT2D eigenvalue weighted by Crippen LogP contribution is 2.08. The molecular formula is C13H15N3O3. The van der Waals surface area contributed by atoms with E-state index in [9.17, 15) is 9.59 Å². The molecule has 1 rings (SSSR count). The molecule has 1 atom stereocenters. The summed E-state index contributed by atoms with van der Waals surface area (Å²) >= 11 is 0. The van der Waals surface area contributed by atoms with Crippen LogP contribution in [0.25, 0.3) is 0 Å². The van der Waals surface area contributed by atoms with Gasteiger partial charge in [0.05, 0.1) is 11.6 Å². The Hall–Kier alpha value is -2.39. The highest BCUT2D eigenvalue weighted by molar-refractivity contribution is 5.90. The van der Waals surface area contributed by atoms with Crippen LogP contribution in [0, 0.1) is 11.3 Å². The van der Waals surface area contributed by atoms with Gasteiger partial charge in [0, 0.05) is 18.7 Å². The van der Waals surface area contributed by atoms with Crippen molar-refractivity contribution < 1.29 is 14.7 Å². The van der Waals surface area contributed by atoms with Crippen LogP contribution in [0.15, 0.2) is 24.3 Å². The number of hydrogen-bond donors (Lipinski definition) is 3. The maximum atomic E-state index is 11.6. The lowest BCUT2D eigenvalue weighted by atomic mass is 10.2. The van der Waals surface area contributed by atoms with E-state index >= 15 is 0 Å². The Labute approximate surface area is 111 Å². The van der Waals surface area contributed by atoms with E-state index in [-0.39, 0.29) is 18.9 Å². The molecule has 0 radical (unpaired) electrons. The van der Waals surface area contributed by atoms with Gasteiger partial charge in [-0.3, -0.25) is 9.59 Å². The molecular weight excluding hydrogens is 246 g/mol. The predicted octanol–water partition coefficient (Wildman–Crippen LogP) is 0.950. The Bertz CT molecular complexity index is 491.